The molecule has 1 fully saturated rings. The molecule has 3 aromatic rings. The zero-order valence-corrected chi connectivity index (χ0v) is 24.3. The average molecular weight is 628 g/mol. The van der Waals surface area contributed by atoms with Crippen molar-refractivity contribution in [2.45, 2.75) is 67.4 Å². The number of carbonyl (C=O) groups is 1. The fourth-order valence-corrected chi connectivity index (χ4v) is 6.68. The molecule has 1 saturated carbocycles. The number of sulfonamides is 1. The Balaban J connectivity index is 1.61. The molecule has 6 nitrogen and oxygen atoms in total. The minimum atomic E-state index is -4.63. The largest absolute Gasteiger partial charge is 0.433 e. The Morgan fingerprint density at radius 3 is 2.36 bits per heavy atom. The summed E-state index contributed by atoms with van der Waals surface area (Å²) in [5.74, 6) is -3.21. The van der Waals surface area contributed by atoms with Gasteiger partial charge in [0.1, 0.15) is 22.4 Å². The quantitative estimate of drug-likeness (QED) is 0.241. The molecule has 1 aliphatic carbocycles. The van der Waals surface area contributed by atoms with Gasteiger partial charge < -0.3 is 5.32 Å². The Bertz CT molecular complexity index is 1530. The van der Waals surface area contributed by atoms with Crippen LogP contribution in [0.3, 0.4) is 0 Å². The molecular formula is C29H30F5N3O3S2. The van der Waals surface area contributed by atoms with Crippen molar-refractivity contribution in [2.24, 2.45) is 0 Å². The van der Waals surface area contributed by atoms with Gasteiger partial charge in [-0.2, -0.15) is 13.2 Å². The van der Waals surface area contributed by atoms with Crippen LogP contribution in [-0.2, 0) is 34.0 Å². The third kappa shape index (κ3) is 8.66. The molecule has 1 aliphatic rings. The average Bonchev–Trinajstić information content (AvgIpc) is 2.92. The second-order valence-electron chi connectivity index (χ2n) is 10.2. The number of thioether (sulfide) groups is 1. The van der Waals surface area contributed by atoms with Crippen molar-refractivity contribution >= 4 is 33.4 Å². The van der Waals surface area contributed by atoms with E-state index in [9.17, 15) is 35.2 Å². The smallest absolute Gasteiger partial charge is 0.351 e. The molecular weight excluding hydrogens is 597 g/mol. The maximum Gasteiger partial charge on any atom is 0.433 e. The van der Waals surface area contributed by atoms with Gasteiger partial charge in [0.05, 0.1) is 17.9 Å². The van der Waals surface area contributed by atoms with Gasteiger partial charge in [0.2, 0.25) is 15.9 Å². The van der Waals surface area contributed by atoms with E-state index in [1.807, 2.05) is 0 Å². The molecule has 226 valence electrons. The molecule has 2 N–H and O–H groups in total. The van der Waals surface area contributed by atoms with E-state index < -0.39 is 45.4 Å². The highest BCUT2D eigenvalue weighted by Crippen LogP contribution is 2.37. The maximum absolute atomic E-state index is 14.8. The lowest BCUT2D eigenvalue weighted by Gasteiger charge is -2.23. The van der Waals surface area contributed by atoms with Gasteiger partial charge in [-0.1, -0.05) is 49.6 Å². The highest BCUT2D eigenvalue weighted by Gasteiger charge is 2.33. The molecule has 1 heterocycles. The van der Waals surface area contributed by atoms with Crippen LogP contribution in [0.25, 0.3) is 0 Å². The number of alkyl halides is 3. The van der Waals surface area contributed by atoms with Gasteiger partial charge in [-0.05, 0) is 54.7 Å². The lowest BCUT2D eigenvalue weighted by atomic mass is 9.90. The van der Waals surface area contributed by atoms with Gasteiger partial charge >= 0.3 is 6.18 Å². The van der Waals surface area contributed by atoms with Crippen molar-refractivity contribution in [3.63, 3.8) is 0 Å². The van der Waals surface area contributed by atoms with E-state index >= 15 is 0 Å². The van der Waals surface area contributed by atoms with Gasteiger partial charge in [0.15, 0.2) is 0 Å². The van der Waals surface area contributed by atoms with Crippen molar-refractivity contribution in [1.29, 1.82) is 0 Å². The van der Waals surface area contributed by atoms with Crippen molar-refractivity contribution in [2.75, 3.05) is 11.0 Å². The molecule has 0 aliphatic heterocycles. The summed E-state index contributed by atoms with van der Waals surface area (Å²) in [6.45, 7) is -0.150. The first kappa shape index (κ1) is 31.7. The van der Waals surface area contributed by atoms with Gasteiger partial charge in [-0.25, -0.2) is 22.2 Å². The van der Waals surface area contributed by atoms with E-state index in [-0.39, 0.29) is 40.1 Å². The van der Waals surface area contributed by atoms with Crippen molar-refractivity contribution < 1.29 is 35.2 Å². The van der Waals surface area contributed by atoms with Gasteiger partial charge in [-0.3, -0.25) is 9.52 Å². The van der Waals surface area contributed by atoms with Crippen LogP contribution >= 0.6 is 11.8 Å². The summed E-state index contributed by atoms with van der Waals surface area (Å²) in [6.07, 6.45) is 0.841. The minimum Gasteiger partial charge on any atom is -0.351 e. The number of rotatable bonds is 10. The summed E-state index contributed by atoms with van der Waals surface area (Å²) in [4.78, 5) is 17.4. The highest BCUT2D eigenvalue weighted by molar-refractivity contribution is 7.99. The van der Waals surface area contributed by atoms with E-state index in [4.69, 9.17) is 0 Å². The Morgan fingerprint density at radius 1 is 1.00 bits per heavy atom. The lowest BCUT2D eigenvalue weighted by Crippen LogP contribution is -2.31. The van der Waals surface area contributed by atoms with Crippen LogP contribution in [-0.4, -0.2) is 30.8 Å². The number of hydrogen-bond donors (Lipinski definition) is 2. The number of anilines is 1. The summed E-state index contributed by atoms with van der Waals surface area (Å²) in [6, 6.07) is 11.5. The van der Waals surface area contributed by atoms with E-state index in [1.165, 1.54) is 48.2 Å². The number of nitrogens with one attached hydrogen (secondary N) is 2. The summed E-state index contributed by atoms with van der Waals surface area (Å²) in [5.41, 5.74) is -0.579. The number of nitrogens with zero attached hydrogens (tertiary/aromatic N) is 1. The van der Waals surface area contributed by atoms with Crippen molar-refractivity contribution in [3.05, 3.63) is 88.6 Å². The van der Waals surface area contributed by atoms with Crippen LogP contribution in [0.5, 0.6) is 0 Å². The molecule has 1 amide bonds. The van der Waals surface area contributed by atoms with Gasteiger partial charge in [0, 0.05) is 17.4 Å². The Morgan fingerprint density at radius 2 is 1.71 bits per heavy atom. The van der Waals surface area contributed by atoms with Gasteiger partial charge in [-0.15, -0.1) is 11.8 Å². The van der Waals surface area contributed by atoms with Crippen molar-refractivity contribution in [1.82, 2.24) is 10.3 Å². The first-order chi connectivity index (χ1) is 19.8. The SMILES string of the molecule is CS(=O)(=O)Nc1ccc(C(Cc2ccccc2F)C(=O)NCc2ccc(C(F)(F)F)nc2SC2CCCCC2)cc1F. The van der Waals surface area contributed by atoms with Crippen LogP contribution in [0.1, 0.15) is 60.4 Å². The summed E-state index contributed by atoms with van der Waals surface area (Å²) in [5, 5.41) is 3.01. The first-order valence-corrected chi connectivity index (χ1v) is 16.1. The van der Waals surface area contributed by atoms with E-state index in [1.54, 1.807) is 6.07 Å². The minimum absolute atomic E-state index is 0.111. The molecule has 0 radical (unpaired) electrons. The fourth-order valence-electron chi connectivity index (χ4n) is 4.79. The first-order valence-electron chi connectivity index (χ1n) is 13.3. The number of hydrogen-bond acceptors (Lipinski definition) is 5. The number of aromatic nitrogens is 1. The molecule has 4 rings (SSSR count). The number of carbonyl (C=O) groups excluding carboxylic acids is 1. The van der Waals surface area contributed by atoms with E-state index in [2.05, 4.69) is 15.0 Å². The zero-order valence-electron chi connectivity index (χ0n) is 22.7. The molecule has 42 heavy (non-hydrogen) atoms. The van der Waals surface area contributed by atoms with E-state index in [0.29, 0.717) is 5.56 Å². The van der Waals surface area contributed by atoms with Crippen LogP contribution in [0, 0.1) is 11.6 Å². The Labute approximate surface area is 245 Å². The van der Waals surface area contributed by atoms with Crippen LogP contribution in [0.4, 0.5) is 27.6 Å². The maximum atomic E-state index is 14.8. The third-order valence-corrected chi connectivity index (χ3v) is 8.87. The molecule has 0 spiro atoms. The summed E-state index contributed by atoms with van der Waals surface area (Å²) >= 11 is 1.27. The Hall–Kier alpha value is -3.19. The molecule has 13 heteroatoms. The van der Waals surface area contributed by atoms with Crippen LogP contribution in [0.15, 0.2) is 59.6 Å². The van der Waals surface area contributed by atoms with Crippen LogP contribution < -0.4 is 10.0 Å². The summed E-state index contributed by atoms with van der Waals surface area (Å²) in [7, 11) is -3.77. The zero-order chi connectivity index (χ0) is 30.5. The second kappa shape index (κ2) is 13.4. The monoisotopic (exact) mass is 627 g/mol. The Kier molecular flexibility index (Phi) is 10.1. The third-order valence-electron chi connectivity index (χ3n) is 6.90. The van der Waals surface area contributed by atoms with Gasteiger partial charge in [0.25, 0.3) is 0 Å². The standard InChI is InChI=1S/C29H30F5N3O3S2/c1-42(39,40)37-25-13-11-18(16-24(25)31)22(15-19-7-5-6-10-23(19)30)27(38)35-17-20-12-14-26(29(32,33)34)36-28(20)41-21-8-3-2-4-9-21/h5-7,10-14,16,21-22,37H,2-4,8-9,15,17H2,1H3,(H,35,38). The fraction of sp³-hybridized carbons (Fsp3) is 0.379. The number of halogens is 5. The molecule has 1 aromatic heterocycles. The second-order valence-corrected chi connectivity index (χ2v) is 13.3. The van der Waals surface area contributed by atoms with Crippen LogP contribution in [0.2, 0.25) is 0 Å². The predicted molar refractivity (Wildman–Crippen MR) is 152 cm³/mol. The molecule has 0 bridgehead atoms. The van der Waals surface area contributed by atoms with Crippen molar-refractivity contribution in [3.8, 4) is 0 Å². The number of amides is 1. The molecule has 1 unspecified atom stereocenters. The summed E-state index contributed by atoms with van der Waals surface area (Å²) < 4.78 is 94.9. The number of benzene rings is 2. The van der Waals surface area contributed by atoms with E-state index in [0.717, 1.165) is 50.5 Å². The molecule has 2 aromatic carbocycles. The molecule has 1 atom stereocenters. The highest BCUT2D eigenvalue weighted by atomic mass is 32.2. The lowest BCUT2D eigenvalue weighted by molar-refractivity contribution is -0.141. The predicted octanol–water partition coefficient (Wildman–Crippen LogP) is 6.82. The molecule has 0 saturated heterocycles. The topological polar surface area (TPSA) is 88.2 Å². The normalized spacial score (nSPS) is 15.3. The number of pyridine rings is 1.